The standard InChI is InChI=1S/C16H20O2.2C2H6/c1-5-9-11-12-14(7-3)16(17)18-15(8-4)13-10-6-2;2*1-2/h5-13H,4H2,1-3H3;2*1-2H3/b9-5-,10-6-,12-11-,14-7+,15-13+;;. The van der Waals surface area contributed by atoms with Gasteiger partial charge in [-0.3, -0.25) is 0 Å². The third-order valence-electron chi connectivity index (χ3n) is 1.99. The van der Waals surface area contributed by atoms with Gasteiger partial charge in [-0.05, 0) is 39.0 Å². The molecule has 22 heavy (non-hydrogen) atoms. The Bertz CT molecular complexity index is 419. The predicted molar refractivity (Wildman–Crippen MR) is 99.6 cm³/mol. The average Bonchev–Trinajstić information content (AvgIpc) is 2.58. The van der Waals surface area contributed by atoms with Gasteiger partial charge < -0.3 is 4.74 Å². The van der Waals surface area contributed by atoms with Crippen molar-refractivity contribution in [3.8, 4) is 0 Å². The van der Waals surface area contributed by atoms with Crippen molar-refractivity contribution in [2.24, 2.45) is 0 Å². The zero-order valence-corrected chi connectivity index (χ0v) is 15.2. The molecule has 0 saturated heterocycles. The number of carbonyl (C=O) groups is 1. The van der Waals surface area contributed by atoms with Gasteiger partial charge in [-0.1, -0.05) is 70.7 Å². The fraction of sp³-hybridized carbons (Fsp3) is 0.350. The number of esters is 1. The second-order valence-corrected chi connectivity index (χ2v) is 3.32. The molecule has 0 aliphatic rings. The van der Waals surface area contributed by atoms with E-state index in [1.54, 1.807) is 37.3 Å². The van der Waals surface area contributed by atoms with E-state index < -0.39 is 5.97 Å². The molecule has 0 aromatic carbocycles. The first-order valence-electron chi connectivity index (χ1n) is 7.82. The predicted octanol–water partition coefficient (Wildman–Crippen LogP) is 6.31. The van der Waals surface area contributed by atoms with Gasteiger partial charge in [0.1, 0.15) is 5.76 Å². The minimum absolute atomic E-state index is 0.395. The summed E-state index contributed by atoms with van der Waals surface area (Å²) in [6.07, 6.45) is 15.8. The quantitative estimate of drug-likeness (QED) is 0.249. The fourth-order valence-electron chi connectivity index (χ4n) is 1.05. The molecule has 0 N–H and O–H groups in total. The Balaban J connectivity index is -0.000000826. The molecule has 0 radical (unpaired) electrons. The Hall–Kier alpha value is -2.09. The molecule has 0 aromatic heterocycles. The molecular weight excluding hydrogens is 272 g/mol. The van der Waals surface area contributed by atoms with Crippen LogP contribution in [-0.2, 0) is 9.53 Å². The number of ether oxygens (including phenoxy) is 1. The smallest absolute Gasteiger partial charge is 0.343 e. The summed E-state index contributed by atoms with van der Waals surface area (Å²) >= 11 is 0. The van der Waals surface area contributed by atoms with Crippen molar-refractivity contribution >= 4 is 5.97 Å². The van der Waals surface area contributed by atoms with E-state index in [1.165, 1.54) is 6.08 Å². The normalized spacial score (nSPS) is 11.8. The van der Waals surface area contributed by atoms with Crippen molar-refractivity contribution < 1.29 is 9.53 Å². The molecule has 0 aliphatic carbocycles. The van der Waals surface area contributed by atoms with Gasteiger partial charge in [0.15, 0.2) is 0 Å². The van der Waals surface area contributed by atoms with Crippen molar-refractivity contribution in [3.63, 3.8) is 0 Å². The van der Waals surface area contributed by atoms with Crippen LogP contribution >= 0.6 is 0 Å². The van der Waals surface area contributed by atoms with Gasteiger partial charge in [0.25, 0.3) is 0 Å². The summed E-state index contributed by atoms with van der Waals surface area (Å²) in [6.45, 7) is 17.2. The summed E-state index contributed by atoms with van der Waals surface area (Å²) in [5.74, 6) is 0.0331. The lowest BCUT2D eigenvalue weighted by Gasteiger charge is -2.04. The van der Waals surface area contributed by atoms with Crippen LogP contribution in [0.4, 0.5) is 0 Å². The fourth-order valence-corrected chi connectivity index (χ4v) is 1.05. The van der Waals surface area contributed by atoms with Crippen LogP contribution in [0.3, 0.4) is 0 Å². The van der Waals surface area contributed by atoms with Crippen molar-refractivity contribution in [1.82, 2.24) is 0 Å². The van der Waals surface area contributed by atoms with Gasteiger partial charge in [-0.15, -0.1) is 0 Å². The third-order valence-corrected chi connectivity index (χ3v) is 1.99. The maximum atomic E-state index is 11.8. The second kappa shape index (κ2) is 21.2. The molecule has 0 bridgehead atoms. The molecule has 0 spiro atoms. The maximum absolute atomic E-state index is 11.8. The average molecular weight is 304 g/mol. The number of rotatable bonds is 6. The zero-order chi connectivity index (χ0) is 17.8. The summed E-state index contributed by atoms with van der Waals surface area (Å²) < 4.78 is 5.19. The van der Waals surface area contributed by atoms with Crippen LogP contribution in [0.25, 0.3) is 0 Å². The molecule has 0 saturated carbocycles. The summed E-state index contributed by atoms with van der Waals surface area (Å²) in [7, 11) is 0. The second-order valence-electron chi connectivity index (χ2n) is 3.32. The number of hydrogen-bond donors (Lipinski definition) is 0. The van der Waals surface area contributed by atoms with Crippen LogP contribution in [0.5, 0.6) is 0 Å². The van der Waals surface area contributed by atoms with Crippen molar-refractivity contribution in [1.29, 1.82) is 0 Å². The molecule has 0 atom stereocenters. The van der Waals surface area contributed by atoms with Gasteiger partial charge in [0.05, 0.1) is 5.57 Å². The van der Waals surface area contributed by atoms with Crippen molar-refractivity contribution in [3.05, 3.63) is 72.6 Å². The highest BCUT2D eigenvalue weighted by Crippen LogP contribution is 2.07. The van der Waals surface area contributed by atoms with E-state index in [2.05, 4.69) is 6.58 Å². The van der Waals surface area contributed by atoms with Crippen LogP contribution in [0.2, 0.25) is 0 Å². The van der Waals surface area contributed by atoms with Crippen LogP contribution in [0.1, 0.15) is 48.5 Å². The highest BCUT2D eigenvalue weighted by molar-refractivity contribution is 5.92. The molecule has 0 heterocycles. The number of hydrogen-bond acceptors (Lipinski definition) is 2. The zero-order valence-electron chi connectivity index (χ0n) is 15.2. The van der Waals surface area contributed by atoms with E-state index in [0.717, 1.165) is 0 Å². The van der Waals surface area contributed by atoms with Gasteiger partial charge in [-0.2, -0.15) is 0 Å². The Morgan fingerprint density at radius 1 is 0.909 bits per heavy atom. The lowest BCUT2D eigenvalue weighted by molar-refractivity contribution is -0.134. The lowest BCUT2D eigenvalue weighted by Crippen LogP contribution is -2.05. The van der Waals surface area contributed by atoms with Gasteiger partial charge in [0, 0.05) is 0 Å². The summed E-state index contributed by atoms with van der Waals surface area (Å²) in [5.41, 5.74) is 0.501. The molecule has 2 nitrogen and oxygen atoms in total. The first-order chi connectivity index (χ1) is 10.7. The monoisotopic (exact) mass is 304 g/mol. The number of carbonyl (C=O) groups excluding carboxylic acids is 1. The molecule has 0 amide bonds. The van der Waals surface area contributed by atoms with Gasteiger partial charge in [-0.25, -0.2) is 4.79 Å². The molecule has 0 rings (SSSR count). The van der Waals surface area contributed by atoms with E-state index in [1.807, 2.05) is 59.8 Å². The molecule has 2 heteroatoms. The number of allylic oxidation sites excluding steroid dienone is 8. The molecule has 124 valence electrons. The summed E-state index contributed by atoms with van der Waals surface area (Å²) in [4.78, 5) is 11.8. The van der Waals surface area contributed by atoms with Crippen LogP contribution in [-0.4, -0.2) is 5.97 Å². The molecule has 0 unspecified atom stereocenters. The summed E-state index contributed by atoms with van der Waals surface area (Å²) in [6, 6.07) is 0. The van der Waals surface area contributed by atoms with Crippen molar-refractivity contribution in [2.45, 2.75) is 48.5 Å². The Morgan fingerprint density at radius 3 is 1.86 bits per heavy atom. The lowest BCUT2D eigenvalue weighted by atomic mass is 10.2. The third kappa shape index (κ3) is 14.3. The Labute approximate surface area is 137 Å². The van der Waals surface area contributed by atoms with E-state index in [4.69, 9.17) is 4.74 Å². The molecule has 0 aromatic rings. The van der Waals surface area contributed by atoms with Crippen molar-refractivity contribution in [2.75, 3.05) is 0 Å². The molecule has 0 fully saturated rings. The van der Waals surface area contributed by atoms with Crippen LogP contribution in [0, 0.1) is 0 Å². The van der Waals surface area contributed by atoms with E-state index in [9.17, 15) is 4.79 Å². The first kappa shape index (κ1) is 24.9. The van der Waals surface area contributed by atoms with Crippen LogP contribution < -0.4 is 0 Å². The van der Waals surface area contributed by atoms with E-state index in [0.29, 0.717) is 11.3 Å². The first-order valence-corrected chi connectivity index (χ1v) is 7.82. The topological polar surface area (TPSA) is 26.3 Å². The highest BCUT2D eigenvalue weighted by Gasteiger charge is 2.07. The SMILES string of the molecule is C=C/C(=C\C=C/C)OC(=O)C(/C=C\C=C/C)=C/C.CC.CC. The van der Waals surface area contributed by atoms with E-state index in [-0.39, 0.29) is 0 Å². The highest BCUT2D eigenvalue weighted by atomic mass is 16.5. The maximum Gasteiger partial charge on any atom is 0.343 e. The Kier molecular flexibility index (Phi) is 24.0. The minimum Gasteiger partial charge on any atom is -0.423 e. The van der Waals surface area contributed by atoms with Crippen LogP contribution in [0.15, 0.2) is 72.6 Å². The largest absolute Gasteiger partial charge is 0.423 e. The molecular formula is C20H32O2. The minimum atomic E-state index is -0.395. The molecule has 0 aliphatic heterocycles. The summed E-state index contributed by atoms with van der Waals surface area (Å²) in [5, 5.41) is 0. The van der Waals surface area contributed by atoms with Gasteiger partial charge in [0.2, 0.25) is 0 Å². The Morgan fingerprint density at radius 2 is 1.45 bits per heavy atom. The van der Waals surface area contributed by atoms with Gasteiger partial charge >= 0.3 is 5.97 Å². The van der Waals surface area contributed by atoms with E-state index >= 15 is 0 Å².